The van der Waals surface area contributed by atoms with Gasteiger partial charge in [-0.3, -0.25) is 19.3 Å². The Balaban J connectivity index is 1.41. The second kappa shape index (κ2) is 8.53. The topological polar surface area (TPSA) is 106 Å². The molecule has 3 N–H and O–H groups in total. The largest absolute Gasteiger partial charge is 0.375 e. The summed E-state index contributed by atoms with van der Waals surface area (Å²) in [4.78, 5) is 47.6. The number of rotatable bonds is 4. The van der Waals surface area contributed by atoms with Crippen LogP contribution in [0.25, 0.3) is 17.0 Å². The third-order valence-corrected chi connectivity index (χ3v) is 8.37. The summed E-state index contributed by atoms with van der Waals surface area (Å²) in [5, 5.41) is 15.6. The fraction of sp³-hybridized carbons (Fsp3) is 0.281. The molecule has 1 aromatic heterocycles. The van der Waals surface area contributed by atoms with Crippen LogP contribution in [-0.4, -0.2) is 44.3 Å². The number of nitrogens with zero attached hydrogens (tertiary/aromatic N) is 2. The highest BCUT2D eigenvalue weighted by molar-refractivity contribution is 6.11. The van der Waals surface area contributed by atoms with Crippen LogP contribution in [0.3, 0.4) is 0 Å². The number of anilines is 1. The van der Waals surface area contributed by atoms with Crippen LogP contribution in [0, 0.1) is 0 Å². The summed E-state index contributed by atoms with van der Waals surface area (Å²) in [5.74, 6) is -1.45. The third-order valence-electron chi connectivity index (χ3n) is 8.37. The molecule has 8 nitrogen and oxygen atoms in total. The van der Waals surface area contributed by atoms with Gasteiger partial charge in [0.25, 0.3) is 17.7 Å². The fourth-order valence-corrected chi connectivity index (χ4v) is 6.00. The van der Waals surface area contributed by atoms with Gasteiger partial charge in [0.1, 0.15) is 11.7 Å². The normalized spacial score (nSPS) is 25.8. The first-order valence-corrected chi connectivity index (χ1v) is 13.4. The van der Waals surface area contributed by atoms with Crippen LogP contribution in [0.4, 0.5) is 5.69 Å². The zero-order valence-corrected chi connectivity index (χ0v) is 23.0. The van der Waals surface area contributed by atoms with Gasteiger partial charge in [0.05, 0.1) is 11.2 Å². The molecule has 1 unspecified atom stereocenters. The second-order valence-electron chi connectivity index (χ2n) is 11.8. The van der Waals surface area contributed by atoms with Crippen molar-refractivity contribution in [3.05, 3.63) is 96.0 Å². The number of H-pyrrole nitrogens is 1. The van der Waals surface area contributed by atoms with Crippen LogP contribution in [-0.2, 0) is 25.4 Å². The summed E-state index contributed by atoms with van der Waals surface area (Å²) >= 11 is 0. The van der Waals surface area contributed by atoms with E-state index in [-0.39, 0.29) is 12.1 Å². The van der Waals surface area contributed by atoms with E-state index < -0.39 is 40.3 Å². The number of piperazine rings is 1. The number of para-hydroxylation sites is 2. The average molecular weight is 537 g/mol. The number of aliphatic hydroxyl groups is 1. The van der Waals surface area contributed by atoms with Gasteiger partial charge in [-0.25, -0.2) is 0 Å². The minimum atomic E-state index is -2.01. The Morgan fingerprint density at radius 1 is 1.07 bits per heavy atom. The van der Waals surface area contributed by atoms with E-state index in [9.17, 15) is 19.5 Å². The molecule has 3 aliphatic heterocycles. The van der Waals surface area contributed by atoms with Gasteiger partial charge in [-0.2, -0.15) is 0 Å². The smallest absolute Gasteiger partial charge is 0.269 e. The van der Waals surface area contributed by atoms with E-state index in [2.05, 4.69) is 16.9 Å². The SMILES string of the molecule is C=CC(C)(C)N1C(=O)C(O)(C[C@@H]2NC(=O)/C3=C/c4c([nH]c5ccccc45)C(C)(C)/C=C\N3C2=O)c2ccccc21. The van der Waals surface area contributed by atoms with Gasteiger partial charge < -0.3 is 20.3 Å². The van der Waals surface area contributed by atoms with E-state index in [1.54, 1.807) is 42.6 Å². The molecule has 0 radical (unpaired) electrons. The third kappa shape index (κ3) is 3.59. The maximum Gasteiger partial charge on any atom is 0.269 e. The van der Waals surface area contributed by atoms with E-state index in [0.29, 0.717) is 11.3 Å². The zero-order chi connectivity index (χ0) is 28.6. The van der Waals surface area contributed by atoms with E-state index in [4.69, 9.17) is 0 Å². The maximum absolute atomic E-state index is 13.9. The lowest BCUT2D eigenvalue weighted by Gasteiger charge is -2.37. The molecule has 2 aromatic carbocycles. The summed E-state index contributed by atoms with van der Waals surface area (Å²) in [6.07, 6.45) is 6.58. The van der Waals surface area contributed by atoms with Gasteiger partial charge in [-0.15, -0.1) is 6.58 Å². The minimum Gasteiger partial charge on any atom is -0.375 e. The van der Waals surface area contributed by atoms with Gasteiger partial charge in [-0.05, 0) is 32.1 Å². The van der Waals surface area contributed by atoms with Crippen LogP contribution in [0.15, 0.2) is 79.2 Å². The Labute approximate surface area is 232 Å². The molecule has 40 heavy (non-hydrogen) atoms. The van der Waals surface area contributed by atoms with Crippen molar-refractivity contribution in [2.24, 2.45) is 0 Å². The molecule has 1 saturated heterocycles. The molecule has 0 spiro atoms. The quantitative estimate of drug-likeness (QED) is 0.434. The minimum absolute atomic E-state index is 0.179. The van der Waals surface area contributed by atoms with Crippen molar-refractivity contribution in [1.82, 2.24) is 15.2 Å². The van der Waals surface area contributed by atoms with Gasteiger partial charge in [-0.1, -0.05) is 62.4 Å². The molecular formula is C32H32N4O4. The van der Waals surface area contributed by atoms with Crippen molar-refractivity contribution in [1.29, 1.82) is 0 Å². The highest BCUT2D eigenvalue weighted by Crippen LogP contribution is 2.47. The zero-order valence-electron chi connectivity index (χ0n) is 23.0. The van der Waals surface area contributed by atoms with Crippen molar-refractivity contribution < 1.29 is 19.5 Å². The van der Waals surface area contributed by atoms with E-state index >= 15 is 0 Å². The van der Waals surface area contributed by atoms with Crippen molar-refractivity contribution >= 4 is 40.4 Å². The number of benzene rings is 2. The van der Waals surface area contributed by atoms with Gasteiger partial charge in [0, 0.05) is 45.8 Å². The molecule has 2 atom stereocenters. The van der Waals surface area contributed by atoms with Crippen molar-refractivity contribution in [3.63, 3.8) is 0 Å². The molecule has 3 aliphatic rings. The number of carbonyl (C=O) groups is 3. The van der Waals surface area contributed by atoms with Crippen LogP contribution in [0.1, 0.15) is 50.9 Å². The molecule has 3 amide bonds. The molecule has 6 rings (SSSR count). The van der Waals surface area contributed by atoms with Crippen LogP contribution in [0.2, 0.25) is 0 Å². The number of allylic oxidation sites excluding steroid dienone is 1. The first-order chi connectivity index (χ1) is 18.9. The van der Waals surface area contributed by atoms with Crippen molar-refractivity contribution in [3.8, 4) is 0 Å². The van der Waals surface area contributed by atoms with E-state index in [1.165, 1.54) is 9.80 Å². The Morgan fingerprint density at radius 3 is 2.52 bits per heavy atom. The van der Waals surface area contributed by atoms with Crippen molar-refractivity contribution in [2.75, 3.05) is 4.90 Å². The Morgan fingerprint density at radius 2 is 1.77 bits per heavy atom. The summed E-state index contributed by atoms with van der Waals surface area (Å²) in [7, 11) is 0. The molecule has 3 aromatic rings. The average Bonchev–Trinajstić information content (AvgIpc) is 3.39. The Hall–Kier alpha value is -4.43. The number of amides is 3. The van der Waals surface area contributed by atoms with Gasteiger partial charge >= 0.3 is 0 Å². The van der Waals surface area contributed by atoms with Crippen molar-refractivity contribution in [2.45, 2.75) is 56.7 Å². The Bertz CT molecular complexity index is 1680. The monoisotopic (exact) mass is 536 g/mol. The number of fused-ring (bicyclic) bond motifs is 5. The number of hydrogen-bond acceptors (Lipinski definition) is 4. The van der Waals surface area contributed by atoms with Crippen LogP contribution >= 0.6 is 0 Å². The summed E-state index contributed by atoms with van der Waals surface area (Å²) in [6.45, 7) is 11.6. The highest BCUT2D eigenvalue weighted by atomic mass is 16.3. The molecule has 0 bridgehead atoms. The lowest BCUT2D eigenvalue weighted by atomic mass is 9.84. The standard InChI is InChI=1S/C32H32N4O4/c1-6-31(4,5)36-24-14-10-8-12-21(24)32(40,29(36)39)18-23-28(38)35-16-15-30(2,3)26-20(17-25(35)27(37)34-23)19-11-7-9-13-22(19)33-26/h6-17,23,33,40H,1,18H2,2-5H3,(H,34,37)/b16-15-,25-17-/t23-,32?/m0/s1. The molecule has 0 saturated carbocycles. The predicted molar refractivity (Wildman–Crippen MR) is 154 cm³/mol. The van der Waals surface area contributed by atoms with Gasteiger partial charge in [0.2, 0.25) is 0 Å². The summed E-state index contributed by atoms with van der Waals surface area (Å²) < 4.78 is 0. The lowest BCUT2D eigenvalue weighted by molar-refractivity contribution is -0.145. The molecule has 1 fully saturated rings. The number of carbonyl (C=O) groups excluding carboxylic acids is 3. The number of hydrogen-bond donors (Lipinski definition) is 3. The number of aromatic nitrogens is 1. The summed E-state index contributed by atoms with van der Waals surface area (Å²) in [5.41, 5.74) is 0.560. The van der Waals surface area contributed by atoms with Crippen LogP contribution < -0.4 is 10.2 Å². The number of aromatic amines is 1. The lowest BCUT2D eigenvalue weighted by Crippen LogP contribution is -2.58. The van der Waals surface area contributed by atoms with Crippen LogP contribution in [0.5, 0.6) is 0 Å². The predicted octanol–water partition coefficient (Wildman–Crippen LogP) is 4.23. The molecule has 204 valence electrons. The first-order valence-electron chi connectivity index (χ1n) is 13.4. The molecule has 0 aliphatic carbocycles. The second-order valence-corrected chi connectivity index (χ2v) is 11.8. The first kappa shape index (κ1) is 25.8. The molecule has 8 heteroatoms. The highest BCUT2D eigenvalue weighted by Gasteiger charge is 2.55. The van der Waals surface area contributed by atoms with E-state index in [0.717, 1.165) is 22.2 Å². The summed E-state index contributed by atoms with van der Waals surface area (Å²) in [6, 6.07) is 13.7. The Kier molecular flexibility index (Phi) is 5.51. The van der Waals surface area contributed by atoms with E-state index in [1.807, 2.05) is 58.0 Å². The molecule has 4 heterocycles. The molecular weight excluding hydrogens is 504 g/mol. The fourth-order valence-electron chi connectivity index (χ4n) is 6.00. The maximum atomic E-state index is 13.9. The number of nitrogens with one attached hydrogen (secondary N) is 2. The van der Waals surface area contributed by atoms with Gasteiger partial charge in [0.15, 0.2) is 5.60 Å².